The number of rotatable bonds is 3. The molecule has 1 aliphatic carbocycles. The lowest BCUT2D eigenvalue weighted by Crippen LogP contribution is -2.19. The van der Waals surface area contributed by atoms with E-state index in [-0.39, 0.29) is 0 Å². The van der Waals surface area contributed by atoms with Crippen LogP contribution in [-0.4, -0.2) is 5.11 Å². The van der Waals surface area contributed by atoms with Gasteiger partial charge in [-0.3, -0.25) is 0 Å². The normalized spacial score (nSPS) is 18.6. The van der Waals surface area contributed by atoms with Crippen LogP contribution >= 0.6 is 27.5 Å². The van der Waals surface area contributed by atoms with E-state index in [2.05, 4.69) is 40.2 Å². The third-order valence-corrected chi connectivity index (χ3v) is 5.01. The molecule has 2 unspecified atom stereocenters. The number of halogens is 2. The predicted molar refractivity (Wildman–Crippen MR) is 81.6 cm³/mol. The van der Waals surface area contributed by atoms with Gasteiger partial charge in [-0.05, 0) is 63.5 Å². The van der Waals surface area contributed by atoms with Crippen molar-refractivity contribution in [2.45, 2.75) is 24.9 Å². The van der Waals surface area contributed by atoms with E-state index in [1.807, 2.05) is 18.2 Å². The molecule has 2 aromatic rings. The topological polar surface area (TPSA) is 20.2 Å². The highest BCUT2D eigenvalue weighted by molar-refractivity contribution is 9.10. The second-order valence-electron chi connectivity index (χ2n) is 5.02. The highest BCUT2D eigenvalue weighted by atomic mass is 79.9. The number of aliphatic hydroxyl groups excluding tert-OH is 1. The zero-order valence-electron chi connectivity index (χ0n) is 10.3. The molecule has 1 N–H and O–H groups in total. The first-order valence-corrected chi connectivity index (χ1v) is 7.53. The lowest BCUT2D eigenvalue weighted by atomic mass is 9.74. The average molecular weight is 338 g/mol. The molecular weight excluding hydrogens is 324 g/mol. The first kappa shape index (κ1) is 13.2. The average Bonchev–Trinajstić information content (AvgIpc) is 2.39. The summed E-state index contributed by atoms with van der Waals surface area (Å²) in [5.74, 6) is 0.473. The first-order valence-electron chi connectivity index (χ1n) is 6.36. The van der Waals surface area contributed by atoms with Gasteiger partial charge in [0.25, 0.3) is 0 Å². The van der Waals surface area contributed by atoms with Gasteiger partial charge in [-0.1, -0.05) is 41.9 Å². The van der Waals surface area contributed by atoms with E-state index in [9.17, 15) is 5.11 Å². The molecule has 0 heterocycles. The summed E-state index contributed by atoms with van der Waals surface area (Å²) in [6, 6.07) is 14.1. The lowest BCUT2D eigenvalue weighted by Gasteiger charge is -2.31. The van der Waals surface area contributed by atoms with Crippen molar-refractivity contribution in [3.63, 3.8) is 0 Å². The molecule has 2 atom stereocenters. The molecule has 0 bridgehead atoms. The number of aliphatic hydroxyl groups is 1. The second-order valence-corrected chi connectivity index (χ2v) is 6.29. The first-order chi connectivity index (χ1) is 9.15. The molecule has 2 aromatic carbocycles. The monoisotopic (exact) mass is 336 g/mol. The van der Waals surface area contributed by atoms with Crippen LogP contribution in [0.2, 0.25) is 5.02 Å². The van der Waals surface area contributed by atoms with Crippen LogP contribution in [0.5, 0.6) is 0 Å². The molecule has 0 saturated heterocycles. The van der Waals surface area contributed by atoms with Crippen molar-refractivity contribution >= 4 is 27.5 Å². The molecule has 1 nitrogen and oxygen atoms in total. The minimum Gasteiger partial charge on any atom is -0.388 e. The SMILES string of the molecule is OC(CC1Cc2ccccc21)c1ccc(Cl)c(Br)c1. The Bertz CT molecular complexity index is 611. The molecule has 0 spiro atoms. The van der Waals surface area contributed by atoms with Crippen LogP contribution < -0.4 is 0 Å². The van der Waals surface area contributed by atoms with Gasteiger partial charge in [-0.15, -0.1) is 0 Å². The van der Waals surface area contributed by atoms with Gasteiger partial charge in [-0.2, -0.15) is 0 Å². The smallest absolute Gasteiger partial charge is 0.0796 e. The molecular formula is C16H14BrClO. The van der Waals surface area contributed by atoms with Gasteiger partial charge in [0.05, 0.1) is 11.1 Å². The summed E-state index contributed by atoms with van der Waals surface area (Å²) in [5.41, 5.74) is 3.72. The maximum atomic E-state index is 10.3. The van der Waals surface area contributed by atoms with Crippen LogP contribution in [0.4, 0.5) is 0 Å². The van der Waals surface area contributed by atoms with Crippen LogP contribution in [0.25, 0.3) is 0 Å². The van der Waals surface area contributed by atoms with E-state index in [0.29, 0.717) is 10.9 Å². The number of benzene rings is 2. The molecule has 1 aliphatic rings. The highest BCUT2D eigenvalue weighted by Crippen LogP contribution is 2.41. The van der Waals surface area contributed by atoms with Crippen molar-refractivity contribution in [1.29, 1.82) is 0 Å². The third kappa shape index (κ3) is 2.58. The van der Waals surface area contributed by atoms with Crippen LogP contribution in [0.3, 0.4) is 0 Å². The third-order valence-electron chi connectivity index (χ3n) is 3.80. The summed E-state index contributed by atoms with van der Waals surface area (Å²) in [4.78, 5) is 0. The quantitative estimate of drug-likeness (QED) is 0.847. The van der Waals surface area contributed by atoms with E-state index in [1.165, 1.54) is 11.1 Å². The van der Waals surface area contributed by atoms with Gasteiger partial charge in [0.15, 0.2) is 0 Å². The number of hydrogen-bond donors (Lipinski definition) is 1. The molecule has 19 heavy (non-hydrogen) atoms. The fourth-order valence-corrected chi connectivity index (χ4v) is 3.21. The van der Waals surface area contributed by atoms with E-state index in [4.69, 9.17) is 11.6 Å². The standard InChI is InChI=1S/C16H14BrClO/c17-14-8-11(5-6-15(14)18)16(19)9-12-7-10-3-1-2-4-13(10)12/h1-6,8,12,16,19H,7,9H2. The Morgan fingerprint density at radius 3 is 2.79 bits per heavy atom. The Morgan fingerprint density at radius 2 is 2.05 bits per heavy atom. The minimum atomic E-state index is -0.438. The summed E-state index contributed by atoms with van der Waals surface area (Å²) in [6.45, 7) is 0. The molecule has 98 valence electrons. The number of fused-ring (bicyclic) bond motifs is 1. The fourth-order valence-electron chi connectivity index (χ4n) is 2.70. The van der Waals surface area contributed by atoms with Crippen molar-refractivity contribution < 1.29 is 5.11 Å². The molecule has 3 rings (SSSR count). The van der Waals surface area contributed by atoms with Crippen LogP contribution in [0.15, 0.2) is 46.9 Å². The van der Waals surface area contributed by atoms with E-state index in [0.717, 1.165) is 22.9 Å². The van der Waals surface area contributed by atoms with Crippen molar-refractivity contribution in [2.24, 2.45) is 0 Å². The predicted octanol–water partition coefficient (Wildman–Crippen LogP) is 4.87. The van der Waals surface area contributed by atoms with Gasteiger partial charge < -0.3 is 5.11 Å². The largest absolute Gasteiger partial charge is 0.388 e. The summed E-state index contributed by atoms with van der Waals surface area (Å²) in [5, 5.41) is 11.0. The molecule has 0 fully saturated rings. The summed E-state index contributed by atoms with van der Waals surface area (Å²) >= 11 is 9.36. The van der Waals surface area contributed by atoms with Crippen LogP contribution in [-0.2, 0) is 6.42 Å². The zero-order valence-corrected chi connectivity index (χ0v) is 12.7. The highest BCUT2D eigenvalue weighted by Gasteiger charge is 2.27. The minimum absolute atomic E-state index is 0.438. The molecule has 0 aliphatic heterocycles. The van der Waals surface area contributed by atoms with Gasteiger partial charge in [0, 0.05) is 4.47 Å². The lowest BCUT2D eigenvalue weighted by molar-refractivity contribution is 0.153. The van der Waals surface area contributed by atoms with Crippen molar-refractivity contribution in [3.05, 3.63) is 68.7 Å². The van der Waals surface area contributed by atoms with Gasteiger partial charge in [-0.25, -0.2) is 0 Å². The van der Waals surface area contributed by atoms with Crippen LogP contribution in [0.1, 0.15) is 35.1 Å². The van der Waals surface area contributed by atoms with E-state index < -0.39 is 6.10 Å². The van der Waals surface area contributed by atoms with E-state index >= 15 is 0 Å². The maximum absolute atomic E-state index is 10.3. The number of hydrogen-bond acceptors (Lipinski definition) is 1. The summed E-state index contributed by atoms with van der Waals surface area (Å²) in [6.07, 6.45) is 1.40. The Morgan fingerprint density at radius 1 is 1.26 bits per heavy atom. The van der Waals surface area contributed by atoms with Crippen molar-refractivity contribution in [3.8, 4) is 0 Å². The second kappa shape index (κ2) is 5.28. The van der Waals surface area contributed by atoms with Crippen LogP contribution in [0, 0.1) is 0 Å². The van der Waals surface area contributed by atoms with Crippen molar-refractivity contribution in [1.82, 2.24) is 0 Å². The summed E-state index contributed by atoms with van der Waals surface area (Å²) in [7, 11) is 0. The molecule has 0 aromatic heterocycles. The van der Waals surface area contributed by atoms with Gasteiger partial charge >= 0.3 is 0 Å². The van der Waals surface area contributed by atoms with E-state index in [1.54, 1.807) is 0 Å². The molecule has 0 saturated carbocycles. The molecule has 3 heteroatoms. The Hall–Kier alpha value is -0.830. The Balaban J connectivity index is 1.73. The van der Waals surface area contributed by atoms with Gasteiger partial charge in [0.1, 0.15) is 0 Å². The van der Waals surface area contributed by atoms with Gasteiger partial charge in [0.2, 0.25) is 0 Å². The molecule has 0 amide bonds. The summed E-state index contributed by atoms with van der Waals surface area (Å²) < 4.78 is 0.833. The van der Waals surface area contributed by atoms with Crippen molar-refractivity contribution in [2.75, 3.05) is 0 Å². The fraction of sp³-hybridized carbons (Fsp3) is 0.250. The molecule has 0 radical (unpaired) electrons. The Kier molecular flexibility index (Phi) is 3.66. The Labute approximate surface area is 126 Å². The zero-order chi connectivity index (χ0) is 13.4. The maximum Gasteiger partial charge on any atom is 0.0796 e.